The first-order chi connectivity index (χ1) is 14.1. The first-order valence-electron chi connectivity index (χ1n) is 10.8. The molecule has 6 heteroatoms. The van der Waals surface area contributed by atoms with Gasteiger partial charge in [0.2, 0.25) is 11.8 Å². The van der Waals surface area contributed by atoms with Crippen molar-refractivity contribution in [3.8, 4) is 0 Å². The number of aromatic nitrogens is 2. The molecule has 6 nitrogen and oxygen atoms in total. The monoisotopic (exact) mass is 394 g/mol. The summed E-state index contributed by atoms with van der Waals surface area (Å²) in [5, 5.41) is 6.43. The second kappa shape index (κ2) is 8.80. The van der Waals surface area contributed by atoms with Crippen molar-refractivity contribution in [3.05, 3.63) is 53.6 Å². The van der Waals surface area contributed by atoms with E-state index >= 15 is 0 Å². The lowest BCUT2D eigenvalue weighted by Crippen LogP contribution is -2.45. The number of hydrogen-bond acceptors (Lipinski definition) is 3. The van der Waals surface area contributed by atoms with Gasteiger partial charge < -0.3 is 15.6 Å². The summed E-state index contributed by atoms with van der Waals surface area (Å²) in [5.41, 5.74) is 3.07. The predicted octanol–water partition coefficient (Wildman–Crippen LogP) is 3.18. The van der Waals surface area contributed by atoms with Crippen molar-refractivity contribution in [2.75, 3.05) is 0 Å². The molecule has 1 aromatic heterocycles. The van der Waals surface area contributed by atoms with Crippen molar-refractivity contribution in [2.45, 2.75) is 75.8 Å². The molecule has 154 valence electrons. The van der Waals surface area contributed by atoms with E-state index in [-0.39, 0.29) is 35.7 Å². The molecule has 1 heterocycles. The maximum absolute atomic E-state index is 12.8. The summed E-state index contributed by atoms with van der Waals surface area (Å²) in [6.45, 7) is 1.95. The van der Waals surface area contributed by atoms with Crippen LogP contribution < -0.4 is 10.6 Å². The van der Waals surface area contributed by atoms with Crippen LogP contribution in [0.15, 0.2) is 36.7 Å². The maximum Gasteiger partial charge on any atom is 0.229 e. The second-order valence-electron chi connectivity index (χ2n) is 8.41. The van der Waals surface area contributed by atoms with Crippen LogP contribution in [-0.4, -0.2) is 33.9 Å². The molecule has 29 heavy (non-hydrogen) atoms. The largest absolute Gasteiger partial charge is 0.353 e. The number of hydrogen-bond donors (Lipinski definition) is 3. The van der Waals surface area contributed by atoms with Crippen molar-refractivity contribution < 1.29 is 9.59 Å². The number of aryl methyl sites for hydroxylation is 1. The fourth-order valence-electron chi connectivity index (χ4n) is 4.61. The molecule has 3 N–H and O–H groups in total. The summed E-state index contributed by atoms with van der Waals surface area (Å²) in [4.78, 5) is 32.9. The number of fused-ring (bicyclic) bond motifs is 1. The zero-order valence-electron chi connectivity index (χ0n) is 17.0. The third-order valence-corrected chi connectivity index (χ3v) is 6.43. The van der Waals surface area contributed by atoms with Gasteiger partial charge in [-0.25, -0.2) is 4.98 Å². The van der Waals surface area contributed by atoms with Gasteiger partial charge in [0.1, 0.15) is 0 Å². The lowest BCUT2D eigenvalue weighted by molar-refractivity contribution is -0.125. The molecule has 0 aliphatic heterocycles. The summed E-state index contributed by atoms with van der Waals surface area (Å²) in [6, 6.07) is 10.3. The van der Waals surface area contributed by atoms with Crippen molar-refractivity contribution >= 4 is 11.8 Å². The molecule has 2 amide bonds. The first-order valence-corrected chi connectivity index (χ1v) is 10.8. The molecule has 1 fully saturated rings. The molecule has 1 saturated carbocycles. The van der Waals surface area contributed by atoms with E-state index in [0.29, 0.717) is 0 Å². The quantitative estimate of drug-likeness (QED) is 0.728. The van der Waals surface area contributed by atoms with Crippen LogP contribution >= 0.6 is 0 Å². The highest BCUT2D eigenvalue weighted by molar-refractivity contribution is 5.84. The number of H-pyrrole nitrogens is 1. The standard InChI is InChI=1S/C23H30N4O2/c1-15(16-6-3-2-4-7-16)22(28)26-17-10-12-18(13-11-17)27-23(29)19-8-5-9-20-21(19)25-14-24-20/h2-4,6-7,14-15,17-19H,5,8-13H2,1H3,(H,24,25)(H,26,28)(H,27,29)/t15-,17?,18?,19?/m0/s1. The number of nitrogens with one attached hydrogen (secondary N) is 3. The highest BCUT2D eigenvalue weighted by atomic mass is 16.2. The smallest absolute Gasteiger partial charge is 0.229 e. The normalized spacial score (nSPS) is 24.9. The fourth-order valence-corrected chi connectivity index (χ4v) is 4.61. The molecule has 2 aliphatic carbocycles. The Kier molecular flexibility index (Phi) is 5.97. The number of amides is 2. The number of aromatic amines is 1. The number of carbonyl (C=O) groups is 2. The average molecular weight is 395 g/mol. The SMILES string of the molecule is C[C@H](C(=O)NC1CCC(NC(=O)C2CCCc3[nH]cnc32)CC1)c1ccccc1. The molecule has 0 bridgehead atoms. The topological polar surface area (TPSA) is 86.9 Å². The Labute approximate surface area is 171 Å². The van der Waals surface area contributed by atoms with Crippen LogP contribution in [0.4, 0.5) is 0 Å². The van der Waals surface area contributed by atoms with Crippen LogP contribution in [0.3, 0.4) is 0 Å². The number of rotatable bonds is 5. The summed E-state index contributed by atoms with van der Waals surface area (Å²) in [7, 11) is 0. The van der Waals surface area contributed by atoms with Crippen LogP contribution in [-0.2, 0) is 16.0 Å². The molecule has 4 rings (SSSR count). The van der Waals surface area contributed by atoms with E-state index in [1.807, 2.05) is 37.3 Å². The molecule has 0 saturated heterocycles. The van der Waals surface area contributed by atoms with Gasteiger partial charge in [0.25, 0.3) is 0 Å². The molecule has 2 aliphatic rings. The Bertz CT molecular complexity index is 840. The Morgan fingerprint density at radius 1 is 1.03 bits per heavy atom. The maximum atomic E-state index is 12.8. The van der Waals surface area contributed by atoms with Gasteiger partial charge in [-0.2, -0.15) is 0 Å². The Morgan fingerprint density at radius 2 is 1.72 bits per heavy atom. The van der Waals surface area contributed by atoms with Crippen molar-refractivity contribution in [1.82, 2.24) is 20.6 Å². The first kappa shape index (κ1) is 19.7. The molecule has 2 atom stereocenters. The lowest BCUT2D eigenvalue weighted by Gasteiger charge is -2.31. The van der Waals surface area contributed by atoms with Gasteiger partial charge in [0.05, 0.1) is 23.9 Å². The third-order valence-electron chi connectivity index (χ3n) is 6.43. The number of imidazole rings is 1. The van der Waals surface area contributed by atoms with Gasteiger partial charge in [-0.3, -0.25) is 9.59 Å². The highest BCUT2D eigenvalue weighted by Gasteiger charge is 2.31. The van der Waals surface area contributed by atoms with Crippen LogP contribution in [0, 0.1) is 0 Å². The number of benzene rings is 1. The van der Waals surface area contributed by atoms with Crippen molar-refractivity contribution in [2.24, 2.45) is 0 Å². The van der Waals surface area contributed by atoms with Gasteiger partial charge in [-0.05, 0) is 57.4 Å². The van der Waals surface area contributed by atoms with E-state index in [0.717, 1.165) is 61.9 Å². The van der Waals surface area contributed by atoms with Crippen LogP contribution in [0.1, 0.15) is 74.2 Å². The van der Waals surface area contributed by atoms with Gasteiger partial charge >= 0.3 is 0 Å². The van der Waals surface area contributed by atoms with Gasteiger partial charge in [0, 0.05) is 17.8 Å². The fraction of sp³-hybridized carbons (Fsp3) is 0.522. The zero-order chi connectivity index (χ0) is 20.2. The minimum atomic E-state index is -0.150. The molecular formula is C23H30N4O2. The van der Waals surface area contributed by atoms with Crippen LogP contribution in [0.25, 0.3) is 0 Å². The van der Waals surface area contributed by atoms with E-state index in [1.54, 1.807) is 6.33 Å². The van der Waals surface area contributed by atoms with E-state index in [1.165, 1.54) is 0 Å². The Hall–Kier alpha value is -2.63. The summed E-state index contributed by atoms with van der Waals surface area (Å²) >= 11 is 0. The Morgan fingerprint density at radius 3 is 2.45 bits per heavy atom. The molecule has 1 unspecified atom stereocenters. The molecule has 0 radical (unpaired) electrons. The van der Waals surface area contributed by atoms with Gasteiger partial charge in [0.15, 0.2) is 0 Å². The highest BCUT2D eigenvalue weighted by Crippen LogP contribution is 2.30. The second-order valence-corrected chi connectivity index (χ2v) is 8.41. The predicted molar refractivity (Wildman–Crippen MR) is 111 cm³/mol. The third kappa shape index (κ3) is 4.52. The molecular weight excluding hydrogens is 364 g/mol. The Balaban J connectivity index is 1.25. The van der Waals surface area contributed by atoms with Crippen molar-refractivity contribution in [1.29, 1.82) is 0 Å². The number of nitrogens with zero attached hydrogens (tertiary/aromatic N) is 1. The van der Waals surface area contributed by atoms with Gasteiger partial charge in [-0.1, -0.05) is 30.3 Å². The minimum absolute atomic E-state index is 0.0805. The molecule has 1 aromatic carbocycles. The number of carbonyl (C=O) groups excluding carboxylic acids is 2. The summed E-state index contributed by atoms with van der Waals surface area (Å²) in [6.07, 6.45) is 8.16. The van der Waals surface area contributed by atoms with Gasteiger partial charge in [-0.15, -0.1) is 0 Å². The van der Waals surface area contributed by atoms with E-state index < -0.39 is 0 Å². The average Bonchev–Trinajstić information content (AvgIpc) is 3.24. The van der Waals surface area contributed by atoms with E-state index in [2.05, 4.69) is 20.6 Å². The van der Waals surface area contributed by atoms with Crippen LogP contribution in [0.2, 0.25) is 0 Å². The van der Waals surface area contributed by atoms with E-state index in [4.69, 9.17) is 0 Å². The minimum Gasteiger partial charge on any atom is -0.353 e. The van der Waals surface area contributed by atoms with Crippen LogP contribution in [0.5, 0.6) is 0 Å². The van der Waals surface area contributed by atoms with Crippen molar-refractivity contribution in [3.63, 3.8) is 0 Å². The molecule has 2 aromatic rings. The molecule has 0 spiro atoms. The summed E-state index contributed by atoms with van der Waals surface area (Å²) < 4.78 is 0. The zero-order valence-corrected chi connectivity index (χ0v) is 17.0. The lowest BCUT2D eigenvalue weighted by atomic mass is 9.87. The van der Waals surface area contributed by atoms with E-state index in [9.17, 15) is 9.59 Å². The summed E-state index contributed by atoms with van der Waals surface area (Å²) in [5.74, 6) is -0.0997.